The molecule has 0 amide bonds. The topological polar surface area (TPSA) is 160 Å². The van der Waals surface area contributed by atoms with Crippen molar-refractivity contribution in [2.24, 2.45) is 11.5 Å². The number of benzene rings is 2. The maximum Gasteiger partial charge on any atom is 0.322 e. The number of para-hydroxylation sites is 2. The van der Waals surface area contributed by atoms with E-state index in [4.69, 9.17) is 16.2 Å². The van der Waals surface area contributed by atoms with Gasteiger partial charge in [0.2, 0.25) is 11.8 Å². The molecule has 0 aliphatic carbocycles. The van der Waals surface area contributed by atoms with Crippen molar-refractivity contribution >= 4 is 45.6 Å². The molecular formula is C28H30N4O6. The number of hydrogen-bond acceptors (Lipinski definition) is 7. The van der Waals surface area contributed by atoms with Crippen molar-refractivity contribution in [3.8, 4) is 0 Å². The first kappa shape index (κ1) is 26.8. The van der Waals surface area contributed by atoms with Gasteiger partial charge in [0.25, 0.3) is 0 Å². The summed E-state index contributed by atoms with van der Waals surface area (Å²) in [7, 11) is 1.28. The average Bonchev–Trinajstić information content (AvgIpc) is 3.47. The lowest BCUT2D eigenvalue weighted by molar-refractivity contribution is -0.142. The van der Waals surface area contributed by atoms with E-state index in [0.717, 1.165) is 16.3 Å². The number of esters is 1. The Kier molecular flexibility index (Phi) is 8.04. The minimum atomic E-state index is -1.11. The molecule has 198 valence electrons. The lowest BCUT2D eigenvalue weighted by Crippen LogP contribution is -2.33. The Labute approximate surface area is 218 Å². The second-order valence-corrected chi connectivity index (χ2v) is 9.21. The van der Waals surface area contributed by atoms with E-state index >= 15 is 0 Å². The first-order chi connectivity index (χ1) is 18.2. The molecule has 0 saturated heterocycles. The van der Waals surface area contributed by atoms with Crippen LogP contribution >= 0.6 is 0 Å². The van der Waals surface area contributed by atoms with Crippen molar-refractivity contribution in [2.75, 3.05) is 7.11 Å². The highest BCUT2D eigenvalue weighted by atomic mass is 16.5. The Morgan fingerprint density at radius 2 is 1.24 bits per heavy atom. The number of rotatable bonds is 10. The van der Waals surface area contributed by atoms with Crippen molar-refractivity contribution in [3.05, 3.63) is 72.1 Å². The molecule has 4 aromatic rings. The number of methoxy groups -OCH3 is 1. The van der Waals surface area contributed by atoms with Gasteiger partial charge < -0.3 is 21.3 Å². The van der Waals surface area contributed by atoms with Crippen molar-refractivity contribution < 1.29 is 29.0 Å². The standard InChI is InChI=1S/C28H30N4O6/c1-38-28(37)22(30)14-18-16-32(24-10-5-3-8-20(18)24)26(34)12-6-11-25(33)31-15-17(13-21(29)27(35)36)19-7-2-4-9-23(19)31/h2-5,7-10,15-16,21-22H,6,11-14,29-30H2,1H3,(H,35,36). The molecule has 10 nitrogen and oxygen atoms in total. The number of aromatic nitrogens is 2. The van der Waals surface area contributed by atoms with Gasteiger partial charge >= 0.3 is 11.9 Å². The van der Waals surface area contributed by atoms with Gasteiger partial charge in [-0.05, 0) is 29.7 Å². The lowest BCUT2D eigenvalue weighted by atomic mass is 10.1. The summed E-state index contributed by atoms with van der Waals surface area (Å²) in [6.07, 6.45) is 4.20. The van der Waals surface area contributed by atoms with Gasteiger partial charge in [-0.2, -0.15) is 0 Å². The Hall–Kier alpha value is -4.28. The van der Waals surface area contributed by atoms with Crippen LogP contribution in [0.5, 0.6) is 0 Å². The SMILES string of the molecule is COC(=O)C(N)Cc1cn(C(=O)CCCC(=O)n2cc(CC(N)C(=O)O)c3ccccc32)c2ccccc12. The summed E-state index contributed by atoms with van der Waals surface area (Å²) in [5, 5.41) is 10.8. The number of hydrogen-bond donors (Lipinski definition) is 3. The molecule has 5 N–H and O–H groups in total. The third kappa shape index (κ3) is 5.51. The summed E-state index contributed by atoms with van der Waals surface area (Å²) >= 11 is 0. The first-order valence-electron chi connectivity index (χ1n) is 12.3. The Balaban J connectivity index is 1.47. The molecule has 2 atom stereocenters. The first-order valence-corrected chi connectivity index (χ1v) is 12.3. The third-order valence-corrected chi connectivity index (χ3v) is 6.61. The summed E-state index contributed by atoms with van der Waals surface area (Å²) in [6.45, 7) is 0. The molecule has 2 aromatic carbocycles. The number of carbonyl (C=O) groups excluding carboxylic acids is 3. The highest BCUT2D eigenvalue weighted by molar-refractivity contribution is 5.96. The van der Waals surface area contributed by atoms with Crippen LogP contribution in [0.4, 0.5) is 0 Å². The van der Waals surface area contributed by atoms with Crippen LogP contribution in [0.3, 0.4) is 0 Å². The number of carbonyl (C=O) groups is 4. The van der Waals surface area contributed by atoms with Crippen LogP contribution in [0.15, 0.2) is 60.9 Å². The van der Waals surface area contributed by atoms with Crippen molar-refractivity contribution in [1.29, 1.82) is 0 Å². The summed E-state index contributed by atoms with van der Waals surface area (Å²) in [6, 6.07) is 12.7. The van der Waals surface area contributed by atoms with Gasteiger partial charge in [-0.1, -0.05) is 36.4 Å². The van der Waals surface area contributed by atoms with Gasteiger partial charge in [-0.15, -0.1) is 0 Å². The quantitative estimate of drug-likeness (QED) is 0.270. The Bertz CT molecular complexity index is 1520. The molecule has 2 heterocycles. The molecule has 0 radical (unpaired) electrons. The van der Waals surface area contributed by atoms with Gasteiger partial charge in [0.15, 0.2) is 0 Å². The van der Waals surface area contributed by atoms with Crippen LogP contribution in [0.25, 0.3) is 21.8 Å². The van der Waals surface area contributed by atoms with Gasteiger partial charge in [-0.25, -0.2) is 0 Å². The number of fused-ring (bicyclic) bond motifs is 2. The molecule has 2 unspecified atom stereocenters. The number of carboxylic acid groups (broad SMARTS) is 1. The monoisotopic (exact) mass is 518 g/mol. The molecule has 0 bridgehead atoms. The van der Waals surface area contributed by atoms with Gasteiger partial charge in [0, 0.05) is 48.8 Å². The van der Waals surface area contributed by atoms with Crippen LogP contribution in [-0.2, 0) is 27.2 Å². The smallest absolute Gasteiger partial charge is 0.322 e. The zero-order valence-electron chi connectivity index (χ0n) is 21.0. The fourth-order valence-electron chi connectivity index (χ4n) is 4.67. The fourth-order valence-corrected chi connectivity index (χ4v) is 4.67. The van der Waals surface area contributed by atoms with Gasteiger partial charge in [0.1, 0.15) is 12.1 Å². The number of ether oxygens (including phenoxy) is 1. The van der Waals surface area contributed by atoms with Crippen molar-refractivity contribution in [3.63, 3.8) is 0 Å². The highest BCUT2D eigenvalue weighted by Gasteiger charge is 2.21. The van der Waals surface area contributed by atoms with E-state index in [0.29, 0.717) is 23.0 Å². The van der Waals surface area contributed by atoms with E-state index in [-0.39, 0.29) is 37.5 Å². The summed E-state index contributed by atoms with van der Waals surface area (Å²) in [4.78, 5) is 49.2. The van der Waals surface area contributed by atoms with E-state index in [9.17, 15) is 24.3 Å². The van der Waals surface area contributed by atoms with Crippen molar-refractivity contribution in [1.82, 2.24) is 9.13 Å². The maximum absolute atomic E-state index is 13.1. The van der Waals surface area contributed by atoms with E-state index in [1.807, 2.05) is 36.4 Å². The normalized spacial score (nSPS) is 12.9. The predicted octanol–water partition coefficient (Wildman–Crippen LogP) is 2.74. The lowest BCUT2D eigenvalue weighted by Gasteiger charge is -2.07. The number of carboxylic acids is 1. The molecular weight excluding hydrogens is 488 g/mol. The predicted molar refractivity (Wildman–Crippen MR) is 142 cm³/mol. The number of nitrogens with two attached hydrogens (primary N) is 2. The summed E-state index contributed by atoms with van der Waals surface area (Å²) in [5.41, 5.74) is 14.5. The van der Waals surface area contributed by atoms with Crippen molar-refractivity contribution in [2.45, 2.75) is 44.2 Å². The molecule has 0 fully saturated rings. The second kappa shape index (κ2) is 11.4. The van der Waals surface area contributed by atoms with E-state index < -0.39 is 24.0 Å². The Morgan fingerprint density at radius 3 is 1.68 bits per heavy atom. The zero-order chi connectivity index (χ0) is 27.4. The summed E-state index contributed by atoms with van der Waals surface area (Å²) < 4.78 is 7.75. The second-order valence-electron chi connectivity index (χ2n) is 9.21. The van der Waals surface area contributed by atoms with Crippen LogP contribution in [0.1, 0.15) is 40.0 Å². The molecule has 4 rings (SSSR count). The van der Waals surface area contributed by atoms with Crippen LogP contribution in [-0.4, -0.2) is 57.2 Å². The molecule has 38 heavy (non-hydrogen) atoms. The minimum Gasteiger partial charge on any atom is -0.480 e. The molecule has 10 heteroatoms. The molecule has 0 aliphatic heterocycles. The number of nitrogens with zero attached hydrogens (tertiary/aromatic N) is 2. The Morgan fingerprint density at radius 1 is 0.789 bits per heavy atom. The van der Waals surface area contributed by atoms with E-state index in [1.165, 1.54) is 16.2 Å². The zero-order valence-corrected chi connectivity index (χ0v) is 21.0. The highest BCUT2D eigenvalue weighted by Crippen LogP contribution is 2.25. The van der Waals surface area contributed by atoms with Gasteiger partial charge in [-0.3, -0.25) is 28.3 Å². The minimum absolute atomic E-state index is 0.0945. The average molecular weight is 519 g/mol. The maximum atomic E-state index is 13.1. The summed E-state index contributed by atoms with van der Waals surface area (Å²) in [5.74, 6) is -2.03. The third-order valence-electron chi connectivity index (χ3n) is 6.61. The van der Waals surface area contributed by atoms with Crippen LogP contribution in [0, 0.1) is 0 Å². The van der Waals surface area contributed by atoms with Gasteiger partial charge in [0.05, 0.1) is 18.1 Å². The van der Waals surface area contributed by atoms with Crippen LogP contribution in [0.2, 0.25) is 0 Å². The largest absolute Gasteiger partial charge is 0.480 e. The van der Waals surface area contributed by atoms with E-state index in [1.54, 1.807) is 24.5 Å². The molecule has 0 spiro atoms. The molecule has 2 aromatic heterocycles. The van der Waals surface area contributed by atoms with E-state index in [2.05, 4.69) is 0 Å². The van der Waals surface area contributed by atoms with Crippen LogP contribution < -0.4 is 11.5 Å². The fraction of sp³-hybridized carbons (Fsp3) is 0.286. The molecule has 0 saturated carbocycles. The number of aliphatic carboxylic acids is 1. The molecule has 0 aliphatic rings.